The van der Waals surface area contributed by atoms with E-state index in [4.69, 9.17) is 5.11 Å². The maximum atomic E-state index is 11.7. The normalized spacial score (nSPS) is 11.2. The van der Waals surface area contributed by atoms with Crippen molar-refractivity contribution in [3.05, 3.63) is 36.7 Å². The van der Waals surface area contributed by atoms with Gasteiger partial charge in [0.25, 0.3) is 0 Å². The zero-order chi connectivity index (χ0) is 14.6. The molecule has 0 radical (unpaired) electrons. The monoisotopic (exact) mass is 275 g/mol. The van der Waals surface area contributed by atoms with Crippen LogP contribution in [0.25, 0.3) is 5.69 Å². The molecule has 0 aliphatic carbocycles. The number of carbonyl (C=O) groups excluding carboxylic acids is 1. The lowest BCUT2D eigenvalue weighted by Gasteiger charge is -2.23. The van der Waals surface area contributed by atoms with Gasteiger partial charge in [-0.1, -0.05) is 0 Å². The van der Waals surface area contributed by atoms with Crippen molar-refractivity contribution in [3.8, 4) is 5.69 Å². The van der Waals surface area contributed by atoms with Gasteiger partial charge in [-0.2, -0.15) is 15.0 Å². The van der Waals surface area contributed by atoms with Crippen molar-refractivity contribution in [2.45, 2.75) is 19.4 Å². The Morgan fingerprint density at radius 3 is 2.40 bits per heavy atom. The molecule has 20 heavy (non-hydrogen) atoms. The van der Waals surface area contributed by atoms with Crippen LogP contribution < -0.4 is 10.6 Å². The number of anilines is 1. The van der Waals surface area contributed by atoms with Crippen molar-refractivity contribution in [3.63, 3.8) is 0 Å². The minimum atomic E-state index is -0.664. The molecule has 2 aromatic rings. The van der Waals surface area contributed by atoms with E-state index in [1.807, 2.05) is 0 Å². The summed E-state index contributed by atoms with van der Waals surface area (Å²) in [6.07, 6.45) is 3.19. The number of aromatic nitrogens is 3. The quantitative estimate of drug-likeness (QED) is 0.780. The summed E-state index contributed by atoms with van der Waals surface area (Å²) in [5, 5.41) is 22.5. The summed E-state index contributed by atoms with van der Waals surface area (Å²) < 4.78 is 0. The van der Waals surface area contributed by atoms with E-state index in [-0.39, 0.29) is 12.6 Å². The Labute approximate surface area is 116 Å². The molecule has 0 fully saturated rings. The highest BCUT2D eigenvalue weighted by Crippen LogP contribution is 2.12. The van der Waals surface area contributed by atoms with Crippen LogP contribution in [0.3, 0.4) is 0 Å². The van der Waals surface area contributed by atoms with E-state index >= 15 is 0 Å². The molecule has 0 saturated carbocycles. The predicted molar refractivity (Wildman–Crippen MR) is 74.7 cm³/mol. The van der Waals surface area contributed by atoms with Crippen LogP contribution in [0.4, 0.5) is 10.5 Å². The Balaban J connectivity index is 1.99. The van der Waals surface area contributed by atoms with Crippen molar-refractivity contribution in [1.29, 1.82) is 0 Å². The highest BCUT2D eigenvalue weighted by molar-refractivity contribution is 5.89. The molecule has 0 aliphatic rings. The lowest BCUT2D eigenvalue weighted by Crippen LogP contribution is -2.48. The van der Waals surface area contributed by atoms with Gasteiger partial charge in [-0.05, 0) is 38.1 Å². The first kappa shape index (κ1) is 14.0. The summed E-state index contributed by atoms with van der Waals surface area (Å²) in [5.74, 6) is 0. The molecule has 1 aromatic heterocycles. The summed E-state index contributed by atoms with van der Waals surface area (Å²) in [7, 11) is 0. The second-order valence-electron chi connectivity index (χ2n) is 4.99. The van der Waals surface area contributed by atoms with Gasteiger partial charge >= 0.3 is 6.03 Å². The molecule has 2 amide bonds. The highest BCUT2D eigenvalue weighted by Gasteiger charge is 2.18. The molecule has 2 rings (SSSR count). The number of urea groups is 1. The van der Waals surface area contributed by atoms with Gasteiger partial charge in [0.2, 0.25) is 0 Å². The van der Waals surface area contributed by atoms with Crippen LogP contribution in [0.15, 0.2) is 36.7 Å². The fourth-order valence-electron chi connectivity index (χ4n) is 1.54. The molecular weight excluding hydrogens is 258 g/mol. The standard InChI is InChI=1S/C13H17N5O2/c1-13(2,9-19)17-12(20)16-10-3-5-11(6-4-10)18-14-7-8-15-18/h3-8,19H,9H2,1-2H3,(H2,16,17,20). The summed E-state index contributed by atoms with van der Waals surface area (Å²) >= 11 is 0. The number of hydrogen-bond acceptors (Lipinski definition) is 4. The predicted octanol–water partition coefficient (Wildman–Crippen LogP) is 1.16. The number of rotatable bonds is 4. The van der Waals surface area contributed by atoms with Crippen LogP contribution in [0, 0.1) is 0 Å². The zero-order valence-corrected chi connectivity index (χ0v) is 11.4. The van der Waals surface area contributed by atoms with Crippen molar-refractivity contribution >= 4 is 11.7 Å². The van der Waals surface area contributed by atoms with E-state index < -0.39 is 5.54 Å². The van der Waals surface area contributed by atoms with Crippen LogP contribution in [0.2, 0.25) is 0 Å². The first-order valence-corrected chi connectivity index (χ1v) is 6.17. The van der Waals surface area contributed by atoms with E-state index in [9.17, 15) is 4.79 Å². The SMILES string of the molecule is CC(C)(CO)NC(=O)Nc1ccc(-n2nccn2)cc1. The van der Waals surface area contributed by atoms with E-state index in [1.54, 1.807) is 50.5 Å². The van der Waals surface area contributed by atoms with Gasteiger partial charge in [-0.15, -0.1) is 0 Å². The van der Waals surface area contributed by atoms with E-state index in [2.05, 4.69) is 20.8 Å². The van der Waals surface area contributed by atoms with Crippen LogP contribution in [-0.4, -0.2) is 38.3 Å². The van der Waals surface area contributed by atoms with Crippen molar-refractivity contribution in [2.24, 2.45) is 0 Å². The van der Waals surface area contributed by atoms with Crippen LogP contribution in [0.1, 0.15) is 13.8 Å². The Hall–Kier alpha value is -2.41. The number of hydrogen-bond donors (Lipinski definition) is 3. The Morgan fingerprint density at radius 2 is 1.85 bits per heavy atom. The molecule has 0 unspecified atom stereocenters. The minimum Gasteiger partial charge on any atom is -0.394 e. The Bertz CT molecular complexity index is 563. The van der Waals surface area contributed by atoms with Crippen LogP contribution in [0.5, 0.6) is 0 Å². The lowest BCUT2D eigenvalue weighted by atomic mass is 10.1. The third-order valence-corrected chi connectivity index (χ3v) is 2.62. The average molecular weight is 275 g/mol. The Morgan fingerprint density at radius 1 is 1.25 bits per heavy atom. The molecule has 0 atom stereocenters. The zero-order valence-electron chi connectivity index (χ0n) is 11.4. The maximum Gasteiger partial charge on any atom is 0.319 e. The molecule has 7 nitrogen and oxygen atoms in total. The smallest absolute Gasteiger partial charge is 0.319 e. The molecule has 1 heterocycles. The van der Waals surface area contributed by atoms with Crippen LogP contribution >= 0.6 is 0 Å². The summed E-state index contributed by atoms with van der Waals surface area (Å²) in [4.78, 5) is 13.2. The Kier molecular flexibility index (Phi) is 3.99. The molecule has 0 aliphatic heterocycles. The second-order valence-corrected chi connectivity index (χ2v) is 4.99. The number of aliphatic hydroxyl groups is 1. The third kappa shape index (κ3) is 3.55. The van der Waals surface area contributed by atoms with E-state index in [0.717, 1.165) is 5.69 Å². The van der Waals surface area contributed by atoms with Gasteiger partial charge in [0.15, 0.2) is 0 Å². The van der Waals surface area contributed by atoms with Gasteiger partial charge in [-0.25, -0.2) is 4.79 Å². The van der Waals surface area contributed by atoms with Gasteiger partial charge in [0, 0.05) is 5.69 Å². The molecule has 0 spiro atoms. The molecule has 1 aromatic carbocycles. The number of amides is 2. The van der Waals surface area contributed by atoms with Gasteiger partial charge in [0.05, 0.1) is 30.2 Å². The molecular formula is C13H17N5O2. The first-order chi connectivity index (χ1) is 9.50. The fourth-order valence-corrected chi connectivity index (χ4v) is 1.54. The number of nitrogens with zero attached hydrogens (tertiary/aromatic N) is 3. The maximum absolute atomic E-state index is 11.7. The highest BCUT2D eigenvalue weighted by atomic mass is 16.3. The van der Waals surface area contributed by atoms with Gasteiger partial charge < -0.3 is 15.7 Å². The molecule has 0 saturated heterocycles. The largest absolute Gasteiger partial charge is 0.394 e. The summed E-state index contributed by atoms with van der Waals surface area (Å²) in [6, 6.07) is 6.74. The number of nitrogens with one attached hydrogen (secondary N) is 2. The lowest BCUT2D eigenvalue weighted by molar-refractivity contribution is 0.187. The fraction of sp³-hybridized carbons (Fsp3) is 0.308. The van der Waals surface area contributed by atoms with Gasteiger partial charge in [0.1, 0.15) is 0 Å². The number of carbonyl (C=O) groups is 1. The van der Waals surface area contributed by atoms with Crippen molar-refractivity contribution in [1.82, 2.24) is 20.3 Å². The summed E-state index contributed by atoms with van der Waals surface area (Å²) in [6.45, 7) is 3.34. The molecule has 106 valence electrons. The molecule has 7 heteroatoms. The van der Waals surface area contributed by atoms with Crippen molar-refractivity contribution in [2.75, 3.05) is 11.9 Å². The summed E-state index contributed by atoms with van der Waals surface area (Å²) in [5.41, 5.74) is 0.784. The van der Waals surface area contributed by atoms with Crippen LogP contribution in [-0.2, 0) is 0 Å². The number of aliphatic hydroxyl groups excluding tert-OH is 1. The molecule has 3 N–H and O–H groups in total. The first-order valence-electron chi connectivity index (χ1n) is 6.17. The van der Waals surface area contributed by atoms with Gasteiger partial charge in [-0.3, -0.25) is 0 Å². The molecule has 0 bridgehead atoms. The van der Waals surface area contributed by atoms with E-state index in [0.29, 0.717) is 5.69 Å². The average Bonchev–Trinajstić information content (AvgIpc) is 2.93. The van der Waals surface area contributed by atoms with E-state index in [1.165, 1.54) is 4.80 Å². The topological polar surface area (TPSA) is 92.1 Å². The minimum absolute atomic E-state index is 0.135. The second kappa shape index (κ2) is 5.70. The number of benzene rings is 1. The van der Waals surface area contributed by atoms with Crippen molar-refractivity contribution < 1.29 is 9.90 Å². The third-order valence-electron chi connectivity index (χ3n) is 2.62.